The Morgan fingerprint density at radius 1 is 1.24 bits per heavy atom. The summed E-state index contributed by atoms with van der Waals surface area (Å²) in [7, 11) is -3.33. The molecule has 100 valence electrons. The Labute approximate surface area is 109 Å². The molecule has 2 rings (SSSR count). The van der Waals surface area contributed by atoms with Gasteiger partial charge in [-0.1, -0.05) is 13.3 Å². The molecule has 0 spiro atoms. The average molecular weight is 281 g/mol. The van der Waals surface area contributed by atoms with E-state index in [0.717, 1.165) is 32.1 Å². The van der Waals surface area contributed by atoms with E-state index in [-0.39, 0.29) is 11.4 Å². The van der Waals surface area contributed by atoms with E-state index >= 15 is 0 Å². The third kappa shape index (κ3) is 3.34. The van der Waals surface area contributed by atoms with Gasteiger partial charge in [0.1, 0.15) is 0 Å². The molecular weight excluding hydrogens is 260 g/mol. The van der Waals surface area contributed by atoms with Gasteiger partial charge in [-0.2, -0.15) is 17.4 Å². The third-order valence-electron chi connectivity index (χ3n) is 3.69. The van der Waals surface area contributed by atoms with Gasteiger partial charge in [-0.05, 0) is 31.6 Å². The summed E-state index contributed by atoms with van der Waals surface area (Å²) >= 11 is 6.11. The van der Waals surface area contributed by atoms with Crippen molar-refractivity contribution >= 4 is 21.8 Å². The van der Waals surface area contributed by atoms with Crippen molar-refractivity contribution < 1.29 is 8.42 Å². The molecule has 0 aromatic carbocycles. The van der Waals surface area contributed by atoms with Crippen LogP contribution in [0.2, 0.25) is 0 Å². The Hall–Kier alpha value is 0.160. The highest BCUT2D eigenvalue weighted by Crippen LogP contribution is 2.26. The third-order valence-corrected chi connectivity index (χ3v) is 5.83. The molecular formula is C11H21ClN2O2S. The minimum Gasteiger partial charge on any atom is -0.198 e. The summed E-state index contributed by atoms with van der Waals surface area (Å²) in [6.07, 6.45) is 4.85. The standard InChI is InChI=1S/C11H21ClN2O2S/c1-9-4-3-7-14(8-9)17(15,16)13-11-6-2-5-10(11)12/h9-11,13H,2-8H2,1H3. The molecule has 2 aliphatic rings. The van der Waals surface area contributed by atoms with Gasteiger partial charge in [-0.3, -0.25) is 0 Å². The molecule has 1 heterocycles. The molecule has 1 saturated carbocycles. The van der Waals surface area contributed by atoms with Crippen LogP contribution in [-0.2, 0) is 10.2 Å². The summed E-state index contributed by atoms with van der Waals surface area (Å²) in [4.78, 5) is 0. The second kappa shape index (κ2) is 5.43. The van der Waals surface area contributed by atoms with E-state index in [9.17, 15) is 8.42 Å². The van der Waals surface area contributed by atoms with Crippen LogP contribution in [0.25, 0.3) is 0 Å². The van der Waals surface area contributed by atoms with Crippen LogP contribution in [0.4, 0.5) is 0 Å². The van der Waals surface area contributed by atoms with Gasteiger partial charge < -0.3 is 0 Å². The maximum absolute atomic E-state index is 12.2. The monoisotopic (exact) mass is 280 g/mol. The Balaban J connectivity index is 1.98. The summed E-state index contributed by atoms with van der Waals surface area (Å²) in [5.74, 6) is 0.454. The molecule has 1 N–H and O–H groups in total. The van der Waals surface area contributed by atoms with Crippen molar-refractivity contribution in [2.24, 2.45) is 5.92 Å². The zero-order chi connectivity index (χ0) is 12.5. The van der Waals surface area contributed by atoms with Crippen LogP contribution in [0.1, 0.15) is 39.0 Å². The fourth-order valence-electron chi connectivity index (χ4n) is 2.68. The maximum atomic E-state index is 12.2. The fourth-order valence-corrected chi connectivity index (χ4v) is 4.73. The van der Waals surface area contributed by atoms with E-state index < -0.39 is 10.2 Å². The van der Waals surface area contributed by atoms with E-state index in [1.807, 2.05) is 0 Å². The molecule has 1 saturated heterocycles. The van der Waals surface area contributed by atoms with Gasteiger partial charge in [0.05, 0.1) is 0 Å². The van der Waals surface area contributed by atoms with Gasteiger partial charge >= 0.3 is 0 Å². The largest absolute Gasteiger partial charge is 0.279 e. The molecule has 4 nitrogen and oxygen atoms in total. The summed E-state index contributed by atoms with van der Waals surface area (Å²) in [6.45, 7) is 3.37. The second-order valence-corrected chi connectivity index (χ2v) is 7.54. The summed E-state index contributed by atoms with van der Waals surface area (Å²) in [6, 6.07) is -0.0844. The van der Waals surface area contributed by atoms with Crippen LogP contribution < -0.4 is 4.72 Å². The SMILES string of the molecule is CC1CCCN(S(=O)(=O)NC2CCCC2Cl)C1. The highest BCUT2D eigenvalue weighted by molar-refractivity contribution is 7.87. The van der Waals surface area contributed by atoms with Crippen molar-refractivity contribution in [3.63, 3.8) is 0 Å². The maximum Gasteiger partial charge on any atom is 0.279 e. The fraction of sp³-hybridized carbons (Fsp3) is 1.00. The minimum atomic E-state index is -3.33. The second-order valence-electron chi connectivity index (χ2n) is 5.28. The molecule has 3 atom stereocenters. The van der Waals surface area contributed by atoms with Gasteiger partial charge in [0, 0.05) is 24.5 Å². The normalized spacial score (nSPS) is 36.2. The van der Waals surface area contributed by atoms with Gasteiger partial charge in [0.2, 0.25) is 0 Å². The number of piperidine rings is 1. The number of nitrogens with one attached hydrogen (secondary N) is 1. The molecule has 6 heteroatoms. The average Bonchev–Trinajstić information content (AvgIpc) is 2.64. The van der Waals surface area contributed by atoms with Crippen LogP contribution in [0.3, 0.4) is 0 Å². The van der Waals surface area contributed by atoms with Crippen molar-refractivity contribution in [1.29, 1.82) is 0 Å². The molecule has 17 heavy (non-hydrogen) atoms. The lowest BCUT2D eigenvalue weighted by atomic mass is 10.0. The molecule has 0 aromatic heterocycles. The Bertz CT molecular complexity index is 360. The van der Waals surface area contributed by atoms with E-state index in [1.54, 1.807) is 4.31 Å². The summed E-state index contributed by atoms with van der Waals surface area (Å²) in [5.41, 5.74) is 0. The molecule has 0 aromatic rings. The molecule has 1 aliphatic carbocycles. The number of nitrogens with zero attached hydrogens (tertiary/aromatic N) is 1. The Morgan fingerprint density at radius 3 is 2.59 bits per heavy atom. The zero-order valence-corrected chi connectivity index (χ0v) is 11.8. The number of hydrogen-bond donors (Lipinski definition) is 1. The Kier molecular flexibility index (Phi) is 4.34. The first kappa shape index (κ1) is 13.6. The molecule has 1 aliphatic heterocycles. The van der Waals surface area contributed by atoms with E-state index in [4.69, 9.17) is 11.6 Å². The van der Waals surface area contributed by atoms with Crippen LogP contribution in [-0.4, -0.2) is 37.2 Å². The lowest BCUT2D eigenvalue weighted by Crippen LogP contribution is -2.49. The molecule has 0 bridgehead atoms. The first-order valence-corrected chi connectivity index (χ1v) is 8.28. The minimum absolute atomic E-state index is 0.0491. The van der Waals surface area contributed by atoms with Gasteiger partial charge in [0.15, 0.2) is 0 Å². The van der Waals surface area contributed by atoms with Crippen molar-refractivity contribution in [3.05, 3.63) is 0 Å². The number of alkyl halides is 1. The van der Waals surface area contributed by atoms with Gasteiger partial charge in [-0.25, -0.2) is 0 Å². The van der Waals surface area contributed by atoms with Crippen molar-refractivity contribution in [2.75, 3.05) is 13.1 Å². The van der Waals surface area contributed by atoms with E-state index in [1.165, 1.54) is 0 Å². The summed E-state index contributed by atoms with van der Waals surface area (Å²) < 4.78 is 28.7. The topological polar surface area (TPSA) is 49.4 Å². The van der Waals surface area contributed by atoms with Crippen LogP contribution in [0, 0.1) is 5.92 Å². The highest BCUT2D eigenvalue weighted by atomic mass is 35.5. The highest BCUT2D eigenvalue weighted by Gasteiger charge is 2.33. The molecule has 3 unspecified atom stereocenters. The first-order valence-electron chi connectivity index (χ1n) is 6.40. The van der Waals surface area contributed by atoms with Crippen LogP contribution in [0.5, 0.6) is 0 Å². The van der Waals surface area contributed by atoms with E-state index in [0.29, 0.717) is 19.0 Å². The lowest BCUT2D eigenvalue weighted by Gasteiger charge is -2.31. The van der Waals surface area contributed by atoms with Crippen molar-refractivity contribution in [1.82, 2.24) is 9.03 Å². The van der Waals surface area contributed by atoms with Gasteiger partial charge in [-0.15, -0.1) is 11.6 Å². The lowest BCUT2D eigenvalue weighted by molar-refractivity contribution is 0.276. The quantitative estimate of drug-likeness (QED) is 0.800. The number of rotatable bonds is 3. The van der Waals surface area contributed by atoms with Crippen molar-refractivity contribution in [3.8, 4) is 0 Å². The predicted molar refractivity (Wildman–Crippen MR) is 69.3 cm³/mol. The first-order chi connectivity index (χ1) is 7.99. The van der Waals surface area contributed by atoms with Crippen LogP contribution in [0.15, 0.2) is 0 Å². The number of halogens is 1. The van der Waals surface area contributed by atoms with E-state index in [2.05, 4.69) is 11.6 Å². The van der Waals surface area contributed by atoms with Crippen molar-refractivity contribution in [2.45, 2.75) is 50.4 Å². The summed E-state index contributed by atoms with van der Waals surface area (Å²) in [5, 5.41) is -0.0491. The number of hydrogen-bond acceptors (Lipinski definition) is 2. The smallest absolute Gasteiger partial charge is 0.198 e. The molecule has 2 fully saturated rings. The zero-order valence-electron chi connectivity index (χ0n) is 10.2. The Morgan fingerprint density at radius 2 is 2.00 bits per heavy atom. The van der Waals surface area contributed by atoms with Crippen LogP contribution >= 0.6 is 11.6 Å². The molecule has 0 radical (unpaired) electrons. The predicted octanol–water partition coefficient (Wildman–Crippen LogP) is 1.71. The molecule has 0 amide bonds. The van der Waals surface area contributed by atoms with Gasteiger partial charge in [0.25, 0.3) is 10.2 Å².